The molecule has 114 heavy (non-hydrogen) atoms. The number of allylic oxidation sites excluding steroid dienone is 1. The first-order valence-corrected chi connectivity index (χ1v) is 40.1. The molecule has 3 saturated heterocycles. The Morgan fingerprint density at radius 3 is 1.26 bits per heavy atom. The molecule has 3 saturated carbocycles. The average molecular weight is 1640 g/mol. The first-order valence-electron chi connectivity index (χ1n) is 40.1. The second-order valence-electron chi connectivity index (χ2n) is 33.3. The van der Waals surface area contributed by atoms with Crippen molar-refractivity contribution in [2.24, 2.45) is 51.8 Å². The molecule has 37 heteroatoms. The van der Waals surface area contributed by atoms with Gasteiger partial charge in [0.25, 0.3) is 17.4 Å². The monoisotopic (exact) mass is 1640 g/mol. The van der Waals surface area contributed by atoms with Crippen molar-refractivity contribution in [2.45, 2.75) is 279 Å². The number of fused-ring (bicyclic) bond motifs is 5. The third-order valence-corrected chi connectivity index (χ3v) is 24.5. The predicted molar refractivity (Wildman–Crippen MR) is 395 cm³/mol. The van der Waals surface area contributed by atoms with Crippen molar-refractivity contribution in [3.8, 4) is 0 Å². The molecule has 6 fully saturated rings. The van der Waals surface area contributed by atoms with E-state index in [-0.39, 0.29) is 96.9 Å². The SMILES string of the molecule is CC(=O)NC1C(O)CC(OCCCOCOCC(COCOCCCOC2(C(=O)O)CC(O)C(NC(C)=O)C([C@@H](O)[C@H](O)CO)O2)(COCOCCCOC2(C(=O)O)CC(O)C(NC(C)=O)C([C@@H](O)[C@H](O)CO)O2)CO[C@H]2CCC3(C)C(=CCC4[C@@H]3CCC3(C)[C@@H](C(C)CCCC(C)C)CC[C@@H]43)C2)(C(=O)O)OC1[C@@H](O)[C@H](O)CO. The summed E-state index contributed by atoms with van der Waals surface area (Å²) in [5.41, 5.74) is 0.393. The number of carbonyl (C=O) groups excluding carboxylic acids is 3. The minimum absolute atomic E-state index is 0.00546. The second-order valence-corrected chi connectivity index (χ2v) is 33.3. The standard InChI is InChI=1S/C77H131N3O34/c1-43(2)13-9-14-44(3)51-17-18-52-50-16-15-48-29-49(19-21-72(48,7)53(50)20-22-73(51,52)8)108-39-74(36-105-40-102-23-10-26-109-75(69(96)97)30-54(87)60(78-45(4)84)66(112-75)63(93)57(90)33-81,37-106-41-103-24-11-27-110-76(70(98)99)31-55(88)61(79-46(5)85)67(113-76)64(94)58(91)34-82)38-107-42-104-25-12-28-111-77(71(100)101)32-56(89)62(80-47(6)86)68(114-77)65(95)59(92)35-83/h15,43-44,49-68,81-83,87-95H,9-14,16-42H2,1-8H3,(H,78,84)(H,79,85)(H,80,86)(H,96,97)(H,98,99)(H,100,101)/t44?,49-,50?,51+,52-,53-,54?,55?,56?,57+,58+,59+,60?,61?,62?,63-,64-,65-,66?,67?,68?,72?,73?,74?,75?,76?,77?/m0/s1. The topological polar surface area (TPSA) is 562 Å². The van der Waals surface area contributed by atoms with Crippen LogP contribution in [0.4, 0.5) is 0 Å². The normalized spacial score (nSPS) is 34.7. The second kappa shape index (κ2) is 44.2. The Bertz CT molecular complexity index is 2830. The minimum Gasteiger partial charge on any atom is -0.477 e. The Balaban J connectivity index is 1.07. The smallest absolute Gasteiger partial charge is 0.364 e. The van der Waals surface area contributed by atoms with Gasteiger partial charge < -0.3 is 154 Å². The average Bonchev–Trinajstić information content (AvgIpc) is 1.42. The number of ether oxygens (including phenoxy) is 13. The van der Waals surface area contributed by atoms with E-state index in [0.717, 1.165) is 46.5 Å². The summed E-state index contributed by atoms with van der Waals surface area (Å²) < 4.78 is 77.8. The van der Waals surface area contributed by atoms with Gasteiger partial charge in [-0.05, 0) is 117 Å². The summed E-state index contributed by atoms with van der Waals surface area (Å²) in [6.07, 6.45) is -9.98. The van der Waals surface area contributed by atoms with E-state index in [4.69, 9.17) is 61.6 Å². The van der Waals surface area contributed by atoms with E-state index in [1.807, 2.05) is 0 Å². The summed E-state index contributed by atoms with van der Waals surface area (Å²) in [7, 11) is 0. The molecular formula is C77H131N3O34. The van der Waals surface area contributed by atoms with Gasteiger partial charge in [0.05, 0.1) is 134 Å². The number of carboxylic acid groups (broad SMARTS) is 3. The Morgan fingerprint density at radius 1 is 0.509 bits per heavy atom. The number of rotatable bonds is 50. The van der Waals surface area contributed by atoms with Gasteiger partial charge in [0, 0.05) is 40.0 Å². The van der Waals surface area contributed by atoms with E-state index in [9.17, 15) is 105 Å². The highest BCUT2D eigenvalue weighted by atomic mass is 16.7. The predicted octanol–water partition coefficient (Wildman–Crippen LogP) is -0.960. The van der Waals surface area contributed by atoms with Crippen molar-refractivity contribution < 1.29 is 167 Å². The maximum Gasteiger partial charge on any atom is 0.364 e. The van der Waals surface area contributed by atoms with Crippen molar-refractivity contribution >= 4 is 35.6 Å². The minimum atomic E-state index is -2.60. The zero-order chi connectivity index (χ0) is 84.1. The van der Waals surface area contributed by atoms with E-state index >= 15 is 0 Å². The van der Waals surface area contributed by atoms with Crippen LogP contribution < -0.4 is 16.0 Å². The van der Waals surface area contributed by atoms with Crippen LogP contribution in [0.1, 0.15) is 165 Å². The van der Waals surface area contributed by atoms with Crippen molar-refractivity contribution in [3.63, 3.8) is 0 Å². The van der Waals surface area contributed by atoms with Gasteiger partial charge in [-0.25, -0.2) is 14.4 Å². The molecule has 7 rings (SSSR count). The van der Waals surface area contributed by atoms with Crippen LogP contribution in [0.15, 0.2) is 11.6 Å². The molecule has 7 aliphatic rings. The van der Waals surface area contributed by atoms with Crippen LogP contribution in [-0.4, -0.2) is 333 Å². The number of carbonyl (C=O) groups is 6. The molecule has 0 spiro atoms. The van der Waals surface area contributed by atoms with Gasteiger partial charge >= 0.3 is 17.9 Å². The largest absolute Gasteiger partial charge is 0.477 e. The van der Waals surface area contributed by atoms with Crippen LogP contribution in [0.5, 0.6) is 0 Å². The number of amides is 3. The molecule has 4 aliphatic carbocycles. The molecule has 0 aromatic heterocycles. The first kappa shape index (κ1) is 96.7. The summed E-state index contributed by atoms with van der Waals surface area (Å²) in [4.78, 5) is 74.8. The zero-order valence-electron chi connectivity index (χ0n) is 67.1. The molecule has 18 N–H and O–H groups in total. The lowest BCUT2D eigenvalue weighted by molar-refractivity contribution is -0.311. The lowest BCUT2D eigenvalue weighted by Crippen LogP contribution is -2.67. The van der Waals surface area contributed by atoms with E-state index in [1.54, 1.807) is 0 Å². The fraction of sp³-hybridized carbons (Fsp3) is 0.896. The number of aliphatic hydroxyl groups is 12. The molecule has 3 amide bonds. The molecule has 0 bridgehead atoms. The molecular weight excluding hydrogens is 1510 g/mol. The Morgan fingerprint density at radius 2 is 0.904 bits per heavy atom. The molecule has 0 aromatic carbocycles. The van der Waals surface area contributed by atoms with Crippen LogP contribution in [-0.2, 0) is 90.3 Å². The number of hydrogen-bond donors (Lipinski definition) is 18. The molecule has 26 atom stereocenters. The number of aliphatic hydroxyl groups excluding tert-OH is 12. The van der Waals surface area contributed by atoms with Gasteiger partial charge in [0.15, 0.2) is 0 Å². The van der Waals surface area contributed by atoms with Gasteiger partial charge in [-0.3, -0.25) is 14.4 Å². The van der Waals surface area contributed by atoms with Gasteiger partial charge in [0.1, 0.15) is 75.3 Å². The van der Waals surface area contributed by atoms with Crippen molar-refractivity contribution in [2.75, 3.05) is 106 Å². The van der Waals surface area contributed by atoms with Crippen LogP contribution in [0.2, 0.25) is 0 Å². The lowest BCUT2D eigenvalue weighted by atomic mass is 9.47. The number of hydrogen-bond acceptors (Lipinski definition) is 31. The number of carboxylic acids is 3. The summed E-state index contributed by atoms with van der Waals surface area (Å²) >= 11 is 0. The van der Waals surface area contributed by atoms with Crippen molar-refractivity contribution in [1.29, 1.82) is 0 Å². The molecule has 658 valence electrons. The third-order valence-electron chi connectivity index (χ3n) is 24.5. The van der Waals surface area contributed by atoms with Crippen molar-refractivity contribution in [3.05, 3.63) is 11.6 Å². The zero-order valence-corrected chi connectivity index (χ0v) is 67.1. The molecule has 3 aliphatic heterocycles. The summed E-state index contributed by atoms with van der Waals surface area (Å²) in [5.74, 6) is -11.1. The third kappa shape index (κ3) is 24.7. The quantitative estimate of drug-likeness (QED) is 0.0198. The summed E-state index contributed by atoms with van der Waals surface area (Å²) in [5, 5.41) is 164. The van der Waals surface area contributed by atoms with Gasteiger partial charge in [0.2, 0.25) is 17.7 Å². The molecule has 0 radical (unpaired) electrons. The van der Waals surface area contributed by atoms with E-state index in [0.29, 0.717) is 47.3 Å². The van der Waals surface area contributed by atoms with E-state index in [2.05, 4.69) is 56.6 Å². The van der Waals surface area contributed by atoms with Gasteiger partial charge in [-0.2, -0.15) is 0 Å². The van der Waals surface area contributed by atoms with Crippen LogP contribution >= 0.6 is 0 Å². The molecule has 37 nitrogen and oxygen atoms in total. The summed E-state index contributed by atoms with van der Waals surface area (Å²) in [6, 6.07) is -4.25. The molecule has 16 unspecified atom stereocenters. The number of nitrogens with one attached hydrogen (secondary N) is 3. The first-order chi connectivity index (χ1) is 53.9. The maximum absolute atomic E-state index is 12.8. The van der Waals surface area contributed by atoms with Gasteiger partial charge in [-0.15, -0.1) is 0 Å². The summed E-state index contributed by atoms with van der Waals surface area (Å²) in [6.45, 7) is 9.18. The van der Waals surface area contributed by atoms with Gasteiger partial charge in [-0.1, -0.05) is 65.5 Å². The fourth-order valence-corrected chi connectivity index (χ4v) is 18.5. The van der Waals surface area contributed by atoms with Crippen LogP contribution in [0, 0.1) is 51.8 Å². The van der Waals surface area contributed by atoms with Crippen molar-refractivity contribution in [1.82, 2.24) is 16.0 Å². The highest BCUT2D eigenvalue weighted by Crippen LogP contribution is 2.67. The van der Waals surface area contributed by atoms with Crippen LogP contribution in [0.25, 0.3) is 0 Å². The van der Waals surface area contributed by atoms with E-state index < -0.39 is 209 Å². The number of aliphatic carboxylic acids is 3. The Hall–Kier alpha value is -4.44. The Labute approximate surface area is 665 Å². The Kier molecular flexibility index (Phi) is 37.5. The maximum atomic E-state index is 12.8. The van der Waals surface area contributed by atoms with E-state index in [1.165, 1.54) is 44.1 Å². The fourth-order valence-electron chi connectivity index (χ4n) is 18.5. The molecule has 3 heterocycles. The molecule has 0 aromatic rings. The van der Waals surface area contributed by atoms with Crippen LogP contribution in [0.3, 0.4) is 0 Å². The highest BCUT2D eigenvalue weighted by Gasteiger charge is 2.62. The lowest BCUT2D eigenvalue weighted by Gasteiger charge is -2.58. The highest BCUT2D eigenvalue weighted by molar-refractivity contribution is 5.78.